The highest BCUT2D eigenvalue weighted by atomic mass is 35.5. The van der Waals surface area contributed by atoms with Crippen molar-refractivity contribution in [3.8, 4) is 0 Å². The zero-order valence-corrected chi connectivity index (χ0v) is 14.0. The maximum atomic E-state index is 12.7. The molecule has 114 valence electrons. The number of nitrogens with zero attached hydrogens (tertiary/aromatic N) is 2. The van der Waals surface area contributed by atoms with E-state index in [0.29, 0.717) is 11.9 Å². The minimum Gasteiger partial charge on any atom is -0.293 e. The first kappa shape index (κ1) is 14.4. The Morgan fingerprint density at radius 1 is 1.13 bits per heavy atom. The molecule has 0 fully saturated rings. The van der Waals surface area contributed by atoms with Crippen LogP contribution in [0.5, 0.6) is 0 Å². The first-order valence-corrected chi connectivity index (χ1v) is 8.45. The summed E-state index contributed by atoms with van der Waals surface area (Å²) in [6, 6.07) is 13.7. The number of hydrogen-bond acceptors (Lipinski definition) is 3. The van der Waals surface area contributed by atoms with E-state index in [9.17, 15) is 4.79 Å². The van der Waals surface area contributed by atoms with E-state index in [0.717, 1.165) is 31.1 Å². The summed E-state index contributed by atoms with van der Waals surface area (Å²) in [5, 5.41) is 2.40. The summed E-state index contributed by atoms with van der Waals surface area (Å²) in [6.45, 7) is 2.40. The highest BCUT2D eigenvalue weighted by molar-refractivity contribution is 7.19. The van der Waals surface area contributed by atoms with Gasteiger partial charge in [-0.3, -0.25) is 9.36 Å². The maximum Gasteiger partial charge on any atom is 0.261 e. The van der Waals surface area contributed by atoms with Gasteiger partial charge in [-0.1, -0.05) is 41.9 Å². The molecule has 0 N–H and O–H groups in total. The van der Waals surface area contributed by atoms with Crippen molar-refractivity contribution in [2.45, 2.75) is 13.5 Å². The molecule has 2 heterocycles. The van der Waals surface area contributed by atoms with Crippen LogP contribution in [0.4, 0.5) is 0 Å². The van der Waals surface area contributed by atoms with E-state index in [2.05, 4.69) is 4.98 Å². The number of rotatable bonds is 2. The molecule has 5 heteroatoms. The van der Waals surface area contributed by atoms with Gasteiger partial charge in [0.2, 0.25) is 0 Å². The van der Waals surface area contributed by atoms with Crippen molar-refractivity contribution in [1.82, 2.24) is 9.55 Å². The van der Waals surface area contributed by atoms with Crippen LogP contribution >= 0.6 is 22.9 Å². The average molecular weight is 341 g/mol. The summed E-state index contributed by atoms with van der Waals surface area (Å²) in [7, 11) is 0. The van der Waals surface area contributed by atoms with Crippen LogP contribution in [0.1, 0.15) is 10.4 Å². The molecule has 23 heavy (non-hydrogen) atoms. The van der Waals surface area contributed by atoms with E-state index < -0.39 is 0 Å². The van der Waals surface area contributed by atoms with Gasteiger partial charge in [0.25, 0.3) is 5.56 Å². The first-order chi connectivity index (χ1) is 11.1. The predicted octanol–water partition coefficient (Wildman–Crippen LogP) is 4.62. The lowest BCUT2D eigenvalue weighted by Crippen LogP contribution is -2.21. The number of fused-ring (bicyclic) bond motifs is 2. The fourth-order valence-corrected chi connectivity index (χ4v) is 4.26. The lowest BCUT2D eigenvalue weighted by molar-refractivity contribution is 0.758. The molecule has 3 nitrogen and oxygen atoms in total. The Hall–Kier alpha value is -2.17. The Kier molecular flexibility index (Phi) is 3.43. The van der Waals surface area contributed by atoms with Crippen LogP contribution in [-0.2, 0) is 6.54 Å². The number of hydrogen-bond donors (Lipinski definition) is 0. The molecule has 0 aliphatic rings. The molecule has 0 aliphatic carbocycles. The normalized spacial score (nSPS) is 11.4. The van der Waals surface area contributed by atoms with Crippen LogP contribution in [0.15, 0.2) is 53.6 Å². The predicted molar refractivity (Wildman–Crippen MR) is 96.7 cm³/mol. The molecule has 0 amide bonds. The second-order valence-corrected chi connectivity index (χ2v) is 7.00. The van der Waals surface area contributed by atoms with Gasteiger partial charge >= 0.3 is 0 Å². The SMILES string of the molecule is Cc1cccc2c(=O)n(Cc3sc4ccccc4c3Cl)cnc12. The third-order valence-electron chi connectivity index (χ3n) is 3.97. The second-order valence-electron chi connectivity index (χ2n) is 5.48. The molecule has 0 bridgehead atoms. The van der Waals surface area contributed by atoms with Gasteiger partial charge in [-0.15, -0.1) is 11.3 Å². The summed E-state index contributed by atoms with van der Waals surface area (Å²) in [5.74, 6) is 0. The van der Waals surface area contributed by atoms with Gasteiger partial charge in [-0.05, 0) is 24.6 Å². The minimum absolute atomic E-state index is 0.0350. The van der Waals surface area contributed by atoms with E-state index in [4.69, 9.17) is 11.6 Å². The van der Waals surface area contributed by atoms with Gasteiger partial charge < -0.3 is 0 Å². The molecule has 2 aromatic heterocycles. The molecule has 4 rings (SSSR count). The fourth-order valence-electron chi connectivity index (χ4n) is 2.77. The molecule has 0 atom stereocenters. The number of aryl methyl sites for hydroxylation is 1. The zero-order chi connectivity index (χ0) is 16.0. The highest BCUT2D eigenvalue weighted by Gasteiger charge is 2.12. The van der Waals surface area contributed by atoms with Crippen molar-refractivity contribution in [3.63, 3.8) is 0 Å². The number of para-hydroxylation sites is 1. The second kappa shape index (κ2) is 5.48. The van der Waals surface area contributed by atoms with E-state index in [1.807, 2.05) is 49.4 Å². The minimum atomic E-state index is -0.0350. The van der Waals surface area contributed by atoms with Crippen molar-refractivity contribution >= 4 is 43.9 Å². The zero-order valence-electron chi connectivity index (χ0n) is 12.4. The Labute approximate surface area is 141 Å². The number of benzene rings is 2. The molecule has 0 saturated heterocycles. The Bertz CT molecular complexity index is 1100. The Morgan fingerprint density at radius 2 is 1.91 bits per heavy atom. The van der Waals surface area contributed by atoms with E-state index in [1.165, 1.54) is 0 Å². The van der Waals surface area contributed by atoms with Gasteiger partial charge in [0.05, 0.1) is 28.8 Å². The van der Waals surface area contributed by atoms with Crippen molar-refractivity contribution in [2.24, 2.45) is 0 Å². The van der Waals surface area contributed by atoms with Gasteiger partial charge in [0.1, 0.15) is 0 Å². The van der Waals surface area contributed by atoms with Gasteiger partial charge in [0, 0.05) is 15.0 Å². The molecule has 4 aromatic rings. The standard InChI is InChI=1S/C18H13ClN2OS/c1-11-5-4-7-13-17(11)20-10-21(18(13)22)9-15-16(19)12-6-2-3-8-14(12)23-15/h2-8,10H,9H2,1H3. The summed E-state index contributed by atoms with van der Waals surface area (Å²) >= 11 is 8.09. The first-order valence-electron chi connectivity index (χ1n) is 7.26. The third-order valence-corrected chi connectivity index (χ3v) is 5.67. The monoisotopic (exact) mass is 340 g/mol. The molecule has 0 saturated carbocycles. The van der Waals surface area contributed by atoms with E-state index in [1.54, 1.807) is 22.2 Å². The molecule has 0 aliphatic heterocycles. The van der Waals surface area contributed by atoms with Gasteiger partial charge in [-0.25, -0.2) is 4.98 Å². The number of thiophene rings is 1. The van der Waals surface area contributed by atoms with Crippen LogP contribution in [0, 0.1) is 6.92 Å². The van der Waals surface area contributed by atoms with Crippen LogP contribution in [0.2, 0.25) is 5.02 Å². The summed E-state index contributed by atoms with van der Waals surface area (Å²) in [5.41, 5.74) is 1.73. The van der Waals surface area contributed by atoms with E-state index >= 15 is 0 Å². The molecular weight excluding hydrogens is 328 g/mol. The summed E-state index contributed by atoms with van der Waals surface area (Å²) in [4.78, 5) is 18.1. The van der Waals surface area contributed by atoms with Gasteiger partial charge in [-0.2, -0.15) is 0 Å². The van der Waals surface area contributed by atoms with Crippen molar-refractivity contribution in [3.05, 3.63) is 74.6 Å². The number of aromatic nitrogens is 2. The lowest BCUT2D eigenvalue weighted by atomic mass is 10.1. The largest absolute Gasteiger partial charge is 0.293 e. The summed E-state index contributed by atoms with van der Waals surface area (Å²) < 4.78 is 2.75. The third kappa shape index (κ3) is 2.35. The maximum absolute atomic E-state index is 12.7. The Balaban J connectivity index is 1.85. The van der Waals surface area contributed by atoms with E-state index in [-0.39, 0.29) is 5.56 Å². The smallest absolute Gasteiger partial charge is 0.261 e. The molecule has 2 aromatic carbocycles. The summed E-state index contributed by atoms with van der Waals surface area (Å²) in [6.07, 6.45) is 1.61. The van der Waals surface area contributed by atoms with Crippen LogP contribution < -0.4 is 5.56 Å². The number of halogens is 1. The van der Waals surface area contributed by atoms with Crippen molar-refractivity contribution in [2.75, 3.05) is 0 Å². The van der Waals surface area contributed by atoms with Gasteiger partial charge in [0.15, 0.2) is 0 Å². The quantitative estimate of drug-likeness (QED) is 0.533. The molecule has 0 spiro atoms. The average Bonchev–Trinajstić information content (AvgIpc) is 2.87. The molecule has 0 unspecified atom stereocenters. The molecule has 0 radical (unpaired) electrons. The fraction of sp³-hybridized carbons (Fsp3) is 0.111. The Morgan fingerprint density at radius 3 is 2.74 bits per heavy atom. The van der Waals surface area contributed by atoms with Crippen molar-refractivity contribution in [1.29, 1.82) is 0 Å². The van der Waals surface area contributed by atoms with Crippen LogP contribution in [0.25, 0.3) is 21.0 Å². The highest BCUT2D eigenvalue weighted by Crippen LogP contribution is 2.35. The van der Waals surface area contributed by atoms with Crippen molar-refractivity contribution < 1.29 is 0 Å². The topological polar surface area (TPSA) is 34.9 Å². The molecular formula is C18H13ClN2OS. The lowest BCUT2D eigenvalue weighted by Gasteiger charge is -2.07. The van der Waals surface area contributed by atoms with Crippen LogP contribution in [-0.4, -0.2) is 9.55 Å². The van der Waals surface area contributed by atoms with Crippen LogP contribution in [0.3, 0.4) is 0 Å².